The first-order valence-corrected chi connectivity index (χ1v) is 8.37. The van der Waals surface area contributed by atoms with E-state index in [1.54, 1.807) is 11.3 Å². The van der Waals surface area contributed by atoms with Crippen LogP contribution in [-0.2, 0) is 6.42 Å². The molecule has 2 heterocycles. The van der Waals surface area contributed by atoms with Gasteiger partial charge in [0.05, 0.1) is 5.69 Å². The van der Waals surface area contributed by atoms with E-state index in [9.17, 15) is 0 Å². The minimum absolute atomic E-state index is 0.251. The van der Waals surface area contributed by atoms with E-state index in [4.69, 9.17) is 16.6 Å². The van der Waals surface area contributed by atoms with E-state index in [2.05, 4.69) is 24.1 Å². The molecule has 18 heavy (non-hydrogen) atoms. The lowest BCUT2D eigenvalue weighted by Gasteiger charge is -2.30. The molecule has 102 valence electrons. The van der Waals surface area contributed by atoms with Crippen LogP contribution in [0.15, 0.2) is 5.38 Å². The first kappa shape index (κ1) is 14.1. The number of hydrogen-bond acceptors (Lipinski definition) is 3. The molecule has 0 aliphatic carbocycles. The zero-order chi connectivity index (χ0) is 13.0. The summed E-state index contributed by atoms with van der Waals surface area (Å²) in [5.74, 6) is 0. The molecule has 2 rings (SSSR count). The Kier molecular flexibility index (Phi) is 5.31. The highest BCUT2D eigenvalue weighted by molar-refractivity contribution is 7.13. The maximum absolute atomic E-state index is 6.21. The van der Waals surface area contributed by atoms with Crippen LogP contribution in [0.1, 0.15) is 51.6 Å². The Morgan fingerprint density at radius 2 is 2.33 bits per heavy atom. The van der Waals surface area contributed by atoms with Crippen LogP contribution < -0.4 is 4.90 Å². The fourth-order valence-corrected chi connectivity index (χ4v) is 3.85. The molecule has 1 aliphatic heterocycles. The van der Waals surface area contributed by atoms with Gasteiger partial charge in [-0.3, -0.25) is 0 Å². The molecule has 1 aliphatic rings. The van der Waals surface area contributed by atoms with Gasteiger partial charge in [0.1, 0.15) is 0 Å². The first-order valence-electron chi connectivity index (χ1n) is 7.05. The first-order chi connectivity index (χ1) is 8.70. The third kappa shape index (κ3) is 3.61. The van der Waals surface area contributed by atoms with Gasteiger partial charge in [-0.15, -0.1) is 22.9 Å². The quantitative estimate of drug-likeness (QED) is 0.759. The highest BCUT2D eigenvalue weighted by atomic mass is 35.5. The van der Waals surface area contributed by atoms with E-state index in [1.165, 1.54) is 36.5 Å². The van der Waals surface area contributed by atoms with Crippen LogP contribution in [0.2, 0.25) is 0 Å². The predicted molar refractivity (Wildman–Crippen MR) is 81.0 cm³/mol. The number of thiazole rings is 1. The van der Waals surface area contributed by atoms with Gasteiger partial charge >= 0.3 is 0 Å². The molecule has 0 aromatic carbocycles. The largest absolute Gasteiger partial charge is 0.345 e. The highest BCUT2D eigenvalue weighted by Crippen LogP contribution is 2.30. The van der Waals surface area contributed by atoms with Crippen LogP contribution in [0.4, 0.5) is 5.13 Å². The third-order valence-corrected chi connectivity index (χ3v) is 4.73. The van der Waals surface area contributed by atoms with Gasteiger partial charge in [-0.25, -0.2) is 4.98 Å². The van der Waals surface area contributed by atoms with Crippen LogP contribution >= 0.6 is 22.9 Å². The Labute approximate surface area is 119 Å². The molecule has 1 aromatic rings. The minimum atomic E-state index is 0.251. The number of aryl methyl sites for hydroxylation is 1. The predicted octanol–water partition coefficient (Wildman–Crippen LogP) is 4.47. The highest BCUT2D eigenvalue weighted by Gasteiger charge is 2.24. The molecule has 0 radical (unpaired) electrons. The summed E-state index contributed by atoms with van der Waals surface area (Å²) in [5, 5.41) is 3.65. The molecule has 0 spiro atoms. The summed E-state index contributed by atoms with van der Waals surface area (Å²) < 4.78 is 0. The van der Waals surface area contributed by atoms with Crippen molar-refractivity contribution in [3.05, 3.63) is 11.1 Å². The summed E-state index contributed by atoms with van der Waals surface area (Å²) in [4.78, 5) is 7.26. The maximum atomic E-state index is 6.21. The molecule has 4 heteroatoms. The molecule has 2 nitrogen and oxygen atoms in total. The SMILES string of the molecule is CCc1csc(N2CCCCCC2CC(C)Cl)n1. The van der Waals surface area contributed by atoms with Gasteiger partial charge in [0.15, 0.2) is 5.13 Å². The van der Waals surface area contributed by atoms with E-state index in [-0.39, 0.29) is 5.38 Å². The van der Waals surface area contributed by atoms with Crippen LogP contribution in [-0.4, -0.2) is 22.9 Å². The van der Waals surface area contributed by atoms with Gasteiger partial charge in [0.25, 0.3) is 0 Å². The van der Waals surface area contributed by atoms with Crippen molar-refractivity contribution in [2.24, 2.45) is 0 Å². The van der Waals surface area contributed by atoms with E-state index < -0.39 is 0 Å². The zero-order valence-corrected chi connectivity index (χ0v) is 12.9. The maximum Gasteiger partial charge on any atom is 0.185 e. The summed E-state index contributed by atoms with van der Waals surface area (Å²) in [6.45, 7) is 5.41. The Hall–Kier alpha value is -0.280. The minimum Gasteiger partial charge on any atom is -0.345 e. The Balaban J connectivity index is 2.13. The number of hydrogen-bond donors (Lipinski definition) is 0. The van der Waals surface area contributed by atoms with Gasteiger partial charge < -0.3 is 4.90 Å². The average Bonchev–Trinajstić information content (AvgIpc) is 2.70. The van der Waals surface area contributed by atoms with E-state index in [1.807, 2.05) is 0 Å². The van der Waals surface area contributed by atoms with Crippen molar-refractivity contribution in [3.8, 4) is 0 Å². The molecule has 0 amide bonds. The summed E-state index contributed by atoms with van der Waals surface area (Å²) >= 11 is 8.00. The number of rotatable bonds is 4. The molecular formula is C14H23ClN2S. The fraction of sp³-hybridized carbons (Fsp3) is 0.786. The topological polar surface area (TPSA) is 16.1 Å². The standard InChI is InChI=1S/C14H23ClN2S/c1-3-12-10-18-14(16-12)17-8-6-4-5-7-13(17)9-11(2)15/h10-11,13H,3-9H2,1-2H3. The van der Waals surface area contributed by atoms with E-state index >= 15 is 0 Å². The van der Waals surface area contributed by atoms with E-state index in [0.29, 0.717) is 6.04 Å². The number of alkyl halides is 1. The summed E-state index contributed by atoms with van der Waals surface area (Å²) in [6, 6.07) is 0.579. The third-order valence-electron chi connectivity index (χ3n) is 3.62. The second-order valence-corrected chi connectivity index (χ2v) is 6.77. The molecule has 0 bridgehead atoms. The lowest BCUT2D eigenvalue weighted by Crippen LogP contribution is -2.36. The van der Waals surface area contributed by atoms with Crippen molar-refractivity contribution >= 4 is 28.1 Å². The summed E-state index contributed by atoms with van der Waals surface area (Å²) in [6.07, 6.45) is 7.32. The number of halogens is 1. The molecule has 2 unspecified atom stereocenters. The number of anilines is 1. The zero-order valence-electron chi connectivity index (χ0n) is 11.4. The van der Waals surface area contributed by atoms with Gasteiger partial charge in [-0.05, 0) is 32.6 Å². The van der Waals surface area contributed by atoms with Crippen molar-refractivity contribution in [3.63, 3.8) is 0 Å². The van der Waals surface area contributed by atoms with Crippen LogP contribution in [0.25, 0.3) is 0 Å². The number of aromatic nitrogens is 1. The van der Waals surface area contributed by atoms with Gasteiger partial charge in [-0.1, -0.05) is 19.8 Å². The number of nitrogens with zero attached hydrogens (tertiary/aromatic N) is 2. The Morgan fingerprint density at radius 3 is 3.00 bits per heavy atom. The van der Waals surface area contributed by atoms with Crippen molar-refractivity contribution in [1.82, 2.24) is 4.98 Å². The lowest BCUT2D eigenvalue weighted by molar-refractivity contribution is 0.529. The average molecular weight is 287 g/mol. The molecule has 0 saturated carbocycles. The fourth-order valence-electron chi connectivity index (χ4n) is 2.64. The second-order valence-electron chi connectivity index (χ2n) is 5.19. The van der Waals surface area contributed by atoms with Crippen LogP contribution in [0, 0.1) is 0 Å². The summed E-state index contributed by atoms with van der Waals surface area (Å²) in [5.41, 5.74) is 1.22. The second kappa shape index (κ2) is 6.76. The molecule has 0 N–H and O–H groups in total. The van der Waals surface area contributed by atoms with Crippen molar-refractivity contribution in [1.29, 1.82) is 0 Å². The van der Waals surface area contributed by atoms with Crippen molar-refractivity contribution < 1.29 is 0 Å². The molecular weight excluding hydrogens is 264 g/mol. The van der Waals surface area contributed by atoms with Gasteiger partial charge in [-0.2, -0.15) is 0 Å². The summed E-state index contributed by atoms with van der Waals surface area (Å²) in [7, 11) is 0. The molecule has 1 aromatic heterocycles. The normalized spacial score (nSPS) is 22.8. The van der Waals surface area contributed by atoms with Crippen molar-refractivity contribution in [2.75, 3.05) is 11.4 Å². The van der Waals surface area contributed by atoms with Crippen LogP contribution in [0.3, 0.4) is 0 Å². The monoisotopic (exact) mass is 286 g/mol. The van der Waals surface area contributed by atoms with E-state index in [0.717, 1.165) is 19.4 Å². The lowest BCUT2D eigenvalue weighted by atomic mass is 10.1. The van der Waals surface area contributed by atoms with Crippen LogP contribution in [0.5, 0.6) is 0 Å². The Morgan fingerprint density at radius 1 is 1.50 bits per heavy atom. The Bertz CT molecular complexity index is 364. The molecule has 1 fully saturated rings. The van der Waals surface area contributed by atoms with Gasteiger partial charge in [0, 0.05) is 23.3 Å². The smallest absolute Gasteiger partial charge is 0.185 e. The molecule has 1 saturated heterocycles. The van der Waals surface area contributed by atoms with Gasteiger partial charge in [0.2, 0.25) is 0 Å². The van der Waals surface area contributed by atoms with Crippen molar-refractivity contribution in [2.45, 2.75) is 63.8 Å². The molecule has 2 atom stereocenters.